The van der Waals surface area contributed by atoms with Crippen molar-refractivity contribution >= 4 is 17.5 Å². The summed E-state index contributed by atoms with van der Waals surface area (Å²) in [5.74, 6) is -4.06. The van der Waals surface area contributed by atoms with Crippen LogP contribution < -0.4 is 30.0 Å². The van der Waals surface area contributed by atoms with E-state index in [9.17, 15) is 35.9 Å². The number of rotatable bonds is 8. The van der Waals surface area contributed by atoms with Gasteiger partial charge in [0.1, 0.15) is 22.9 Å². The molecular weight excluding hydrogens is 528 g/mol. The number of halogens is 6. The van der Waals surface area contributed by atoms with Gasteiger partial charge in [-0.25, -0.2) is 4.98 Å². The predicted molar refractivity (Wildman–Crippen MR) is 118 cm³/mol. The highest BCUT2D eigenvalue weighted by molar-refractivity contribution is 6.07. The lowest BCUT2D eigenvalue weighted by Gasteiger charge is -2.18. The molecular formula is C23H17F6N3O6. The quantitative estimate of drug-likeness (QED) is 0.367. The number of hydrogen-bond acceptors (Lipinski definition) is 7. The number of alkyl halides is 6. The lowest BCUT2D eigenvalue weighted by atomic mass is 10.1. The number of carbonyl (C=O) groups is 2. The van der Waals surface area contributed by atoms with Crippen LogP contribution in [0.5, 0.6) is 28.7 Å². The minimum atomic E-state index is -5.07. The van der Waals surface area contributed by atoms with E-state index >= 15 is 0 Å². The number of primary amides is 1. The molecule has 1 heterocycles. The summed E-state index contributed by atoms with van der Waals surface area (Å²) < 4.78 is 94.6. The number of amides is 2. The molecule has 3 rings (SSSR count). The summed E-state index contributed by atoms with van der Waals surface area (Å²) in [7, 11) is 1.10. The summed E-state index contributed by atoms with van der Waals surface area (Å²) in [6, 6.07) is 6.95. The SMILES string of the molecule is COc1cc(OC(F)(F)F)ccc1Oc1cc(OC(F)(F)F)cc(C)c1C(=O)Nc1ccc(C(N)=O)nc1. The first-order valence-electron chi connectivity index (χ1n) is 10.2. The van der Waals surface area contributed by atoms with Gasteiger partial charge >= 0.3 is 12.7 Å². The molecule has 3 aromatic rings. The molecule has 0 saturated heterocycles. The standard InChI is InChI=1S/C23H17F6N3O6/c1-11-7-14(38-23(27,28)29)9-18(19(11)21(34)32-12-3-5-15(20(30)33)31-10-12)36-16-6-4-13(8-17(16)35-2)37-22(24,25)26/h3-10H,1-2H3,(H2,30,33)(H,32,34). The number of aromatic nitrogens is 1. The molecule has 38 heavy (non-hydrogen) atoms. The Morgan fingerprint density at radius 3 is 2.05 bits per heavy atom. The number of ether oxygens (including phenoxy) is 4. The molecule has 0 spiro atoms. The molecule has 3 N–H and O–H groups in total. The minimum Gasteiger partial charge on any atom is -0.493 e. The molecule has 15 heteroatoms. The number of nitrogens with one attached hydrogen (secondary N) is 1. The normalized spacial score (nSPS) is 11.5. The molecule has 0 aliphatic carbocycles. The number of benzene rings is 2. The molecule has 0 atom stereocenters. The lowest BCUT2D eigenvalue weighted by molar-refractivity contribution is -0.275. The van der Waals surface area contributed by atoms with Crippen LogP contribution in [0.2, 0.25) is 0 Å². The molecule has 1 aromatic heterocycles. The highest BCUT2D eigenvalue weighted by Crippen LogP contribution is 2.40. The summed E-state index contributed by atoms with van der Waals surface area (Å²) in [4.78, 5) is 28.0. The number of anilines is 1. The number of hydrogen-bond donors (Lipinski definition) is 2. The van der Waals surface area contributed by atoms with Crippen LogP contribution in [0.15, 0.2) is 48.7 Å². The Morgan fingerprint density at radius 2 is 1.50 bits per heavy atom. The first-order chi connectivity index (χ1) is 17.6. The maximum atomic E-state index is 13.1. The monoisotopic (exact) mass is 545 g/mol. The van der Waals surface area contributed by atoms with E-state index in [2.05, 4.69) is 19.8 Å². The van der Waals surface area contributed by atoms with Crippen molar-refractivity contribution in [2.24, 2.45) is 5.73 Å². The van der Waals surface area contributed by atoms with E-state index in [1.54, 1.807) is 0 Å². The Kier molecular flexibility index (Phi) is 7.88. The van der Waals surface area contributed by atoms with Gasteiger partial charge in [-0.05, 0) is 42.8 Å². The van der Waals surface area contributed by atoms with Crippen molar-refractivity contribution in [3.63, 3.8) is 0 Å². The molecule has 0 aliphatic heterocycles. The van der Waals surface area contributed by atoms with Gasteiger partial charge in [0.15, 0.2) is 11.5 Å². The van der Waals surface area contributed by atoms with Crippen molar-refractivity contribution in [2.75, 3.05) is 12.4 Å². The Hall–Kier alpha value is -4.69. The van der Waals surface area contributed by atoms with Crippen LogP contribution in [0.25, 0.3) is 0 Å². The fourth-order valence-corrected chi connectivity index (χ4v) is 3.14. The van der Waals surface area contributed by atoms with Gasteiger partial charge in [0.25, 0.3) is 11.8 Å². The number of nitrogens with two attached hydrogens (primary N) is 1. The fraction of sp³-hybridized carbons (Fsp3) is 0.174. The number of methoxy groups -OCH3 is 1. The van der Waals surface area contributed by atoms with E-state index in [0.29, 0.717) is 0 Å². The molecule has 2 aromatic carbocycles. The third-order valence-electron chi connectivity index (χ3n) is 4.60. The molecule has 0 aliphatic rings. The average Bonchev–Trinajstić information content (AvgIpc) is 2.78. The zero-order chi connectivity index (χ0) is 28.3. The number of carbonyl (C=O) groups excluding carboxylic acids is 2. The van der Waals surface area contributed by atoms with E-state index in [0.717, 1.165) is 43.6 Å². The van der Waals surface area contributed by atoms with E-state index in [1.165, 1.54) is 19.1 Å². The highest BCUT2D eigenvalue weighted by atomic mass is 19.4. The molecule has 2 amide bonds. The number of nitrogens with zero attached hydrogens (tertiary/aromatic N) is 1. The topological polar surface area (TPSA) is 122 Å². The van der Waals surface area contributed by atoms with Crippen LogP contribution in [-0.4, -0.2) is 36.6 Å². The Bertz CT molecular complexity index is 1340. The average molecular weight is 545 g/mol. The Labute approximate surface area is 210 Å². The summed E-state index contributed by atoms with van der Waals surface area (Å²) in [6.45, 7) is 1.30. The number of pyridine rings is 1. The number of aryl methyl sites for hydroxylation is 1. The van der Waals surface area contributed by atoms with Crippen molar-refractivity contribution < 1.29 is 54.9 Å². The second-order valence-corrected chi connectivity index (χ2v) is 7.37. The van der Waals surface area contributed by atoms with Crippen molar-refractivity contribution in [1.82, 2.24) is 4.98 Å². The fourth-order valence-electron chi connectivity index (χ4n) is 3.14. The van der Waals surface area contributed by atoms with E-state index < -0.39 is 41.8 Å². The highest BCUT2D eigenvalue weighted by Gasteiger charge is 2.33. The second-order valence-electron chi connectivity index (χ2n) is 7.37. The molecule has 0 bridgehead atoms. The maximum absolute atomic E-state index is 13.1. The summed E-state index contributed by atoms with van der Waals surface area (Å²) in [6.07, 6.45) is -8.95. The van der Waals surface area contributed by atoms with Crippen molar-refractivity contribution in [1.29, 1.82) is 0 Å². The third kappa shape index (κ3) is 7.41. The van der Waals surface area contributed by atoms with Crippen LogP contribution >= 0.6 is 0 Å². The van der Waals surface area contributed by atoms with Gasteiger partial charge in [0.2, 0.25) is 0 Å². The molecule has 0 unspecified atom stereocenters. The van der Waals surface area contributed by atoms with E-state index in [1.807, 2.05) is 0 Å². The van der Waals surface area contributed by atoms with Crippen LogP contribution in [0, 0.1) is 6.92 Å². The Morgan fingerprint density at radius 1 is 0.868 bits per heavy atom. The van der Waals surface area contributed by atoms with Crippen molar-refractivity contribution in [3.8, 4) is 28.7 Å². The first kappa shape index (κ1) is 27.9. The van der Waals surface area contributed by atoms with Crippen LogP contribution in [-0.2, 0) is 0 Å². The van der Waals surface area contributed by atoms with Crippen molar-refractivity contribution in [2.45, 2.75) is 19.6 Å². The van der Waals surface area contributed by atoms with Gasteiger partial charge in [-0.1, -0.05) is 0 Å². The van der Waals surface area contributed by atoms with Gasteiger partial charge in [-0.2, -0.15) is 0 Å². The van der Waals surface area contributed by atoms with Gasteiger partial charge in [0, 0.05) is 12.1 Å². The van der Waals surface area contributed by atoms with Gasteiger partial charge in [-0.3, -0.25) is 9.59 Å². The largest absolute Gasteiger partial charge is 0.573 e. The molecule has 0 radical (unpaired) electrons. The van der Waals surface area contributed by atoms with Gasteiger partial charge in [-0.15, -0.1) is 26.3 Å². The summed E-state index contributed by atoms with van der Waals surface area (Å²) >= 11 is 0. The molecule has 9 nitrogen and oxygen atoms in total. The van der Waals surface area contributed by atoms with Crippen LogP contribution in [0.1, 0.15) is 26.4 Å². The minimum absolute atomic E-state index is 0.0167. The van der Waals surface area contributed by atoms with E-state index in [-0.39, 0.29) is 34.0 Å². The molecule has 202 valence electrons. The zero-order valence-electron chi connectivity index (χ0n) is 19.4. The molecule has 0 saturated carbocycles. The first-order valence-corrected chi connectivity index (χ1v) is 10.2. The Balaban J connectivity index is 2.02. The summed E-state index contributed by atoms with van der Waals surface area (Å²) in [5, 5.41) is 2.45. The molecule has 0 fully saturated rings. The van der Waals surface area contributed by atoms with Crippen LogP contribution in [0.3, 0.4) is 0 Å². The van der Waals surface area contributed by atoms with Crippen molar-refractivity contribution in [3.05, 3.63) is 65.5 Å². The third-order valence-corrected chi connectivity index (χ3v) is 4.60. The van der Waals surface area contributed by atoms with Crippen LogP contribution in [0.4, 0.5) is 32.0 Å². The van der Waals surface area contributed by atoms with Gasteiger partial charge in [0.05, 0.1) is 24.6 Å². The van der Waals surface area contributed by atoms with Gasteiger partial charge < -0.3 is 30.0 Å². The second kappa shape index (κ2) is 10.7. The smallest absolute Gasteiger partial charge is 0.493 e. The lowest BCUT2D eigenvalue weighted by Crippen LogP contribution is -2.19. The van der Waals surface area contributed by atoms with E-state index in [4.69, 9.17) is 15.2 Å². The maximum Gasteiger partial charge on any atom is 0.573 e. The predicted octanol–water partition coefficient (Wildman–Crippen LogP) is 5.34. The summed E-state index contributed by atoms with van der Waals surface area (Å²) in [5.41, 5.74) is 4.87. The zero-order valence-corrected chi connectivity index (χ0v) is 19.4.